The quantitative estimate of drug-likeness (QED) is 0.127. The van der Waals surface area contributed by atoms with Crippen LogP contribution in [0, 0.1) is 6.92 Å². The summed E-state index contributed by atoms with van der Waals surface area (Å²) in [6.07, 6.45) is 2.15. The summed E-state index contributed by atoms with van der Waals surface area (Å²) in [5, 5.41) is 11.7. The molecule has 1 N–H and O–H groups in total. The molecule has 0 saturated carbocycles. The van der Waals surface area contributed by atoms with E-state index in [0.717, 1.165) is 28.2 Å². The molecule has 0 radical (unpaired) electrons. The van der Waals surface area contributed by atoms with E-state index in [2.05, 4.69) is 25.4 Å². The number of hydrogen-bond donors (Lipinski definition) is 1. The highest BCUT2D eigenvalue weighted by atomic mass is 32.1. The Morgan fingerprint density at radius 2 is 1.98 bits per heavy atom. The van der Waals surface area contributed by atoms with E-state index >= 15 is 0 Å². The number of aliphatic hydroxyl groups is 1. The largest absolute Gasteiger partial charge is 0.507 e. The number of nitrogens with zero attached hydrogens (tertiary/aromatic N) is 2. The van der Waals surface area contributed by atoms with Gasteiger partial charge in [-0.05, 0) is 54.7 Å². The van der Waals surface area contributed by atoms with Crippen molar-refractivity contribution in [2.75, 3.05) is 11.5 Å². The fraction of sp³-hybridized carbons (Fsp3) is 0.290. The minimum absolute atomic E-state index is 0.0120. The monoisotopic (exact) mass is 558 g/mol. The lowest BCUT2D eigenvalue weighted by molar-refractivity contribution is -0.132. The molecule has 0 spiro atoms. The summed E-state index contributed by atoms with van der Waals surface area (Å²) >= 11 is 0.966. The number of anilines is 1. The van der Waals surface area contributed by atoms with Crippen LogP contribution in [0.5, 0.6) is 5.75 Å². The number of ether oxygens (including phenoxy) is 2. The zero-order chi connectivity index (χ0) is 28.7. The van der Waals surface area contributed by atoms with E-state index in [1.54, 1.807) is 25.1 Å². The molecule has 2 aliphatic rings. The van der Waals surface area contributed by atoms with Gasteiger partial charge in [-0.25, -0.2) is 9.78 Å². The van der Waals surface area contributed by atoms with Gasteiger partial charge in [-0.2, -0.15) is 0 Å². The normalized spacial score (nSPS) is 19.6. The molecule has 2 aliphatic heterocycles. The van der Waals surface area contributed by atoms with E-state index in [1.807, 2.05) is 31.2 Å². The molecule has 2 atom stereocenters. The summed E-state index contributed by atoms with van der Waals surface area (Å²) in [5.41, 5.74) is 3.39. The van der Waals surface area contributed by atoms with Crippen molar-refractivity contribution < 1.29 is 29.0 Å². The molecule has 40 heavy (non-hydrogen) atoms. The van der Waals surface area contributed by atoms with Crippen LogP contribution in [0.2, 0.25) is 0 Å². The van der Waals surface area contributed by atoms with E-state index in [0.29, 0.717) is 23.2 Å². The van der Waals surface area contributed by atoms with E-state index < -0.39 is 23.7 Å². The van der Waals surface area contributed by atoms with Crippen LogP contribution in [0.3, 0.4) is 0 Å². The third kappa shape index (κ3) is 4.81. The second-order valence-electron chi connectivity index (χ2n) is 10.2. The van der Waals surface area contributed by atoms with Crippen LogP contribution in [0.25, 0.3) is 5.76 Å². The van der Waals surface area contributed by atoms with E-state index in [4.69, 9.17) is 9.47 Å². The topological polar surface area (TPSA) is 106 Å². The van der Waals surface area contributed by atoms with Crippen molar-refractivity contribution in [3.8, 4) is 5.75 Å². The number of aliphatic hydroxyl groups excluding tert-OH is 1. The van der Waals surface area contributed by atoms with Gasteiger partial charge in [0.15, 0.2) is 5.13 Å². The van der Waals surface area contributed by atoms with Gasteiger partial charge in [0.05, 0.1) is 17.3 Å². The Bertz CT molecular complexity index is 1550. The number of esters is 1. The molecule has 0 bridgehead atoms. The number of hydrogen-bond acceptors (Lipinski definition) is 8. The lowest BCUT2D eigenvalue weighted by Gasteiger charge is -2.23. The van der Waals surface area contributed by atoms with E-state index in [1.165, 1.54) is 11.0 Å². The number of amides is 1. The minimum Gasteiger partial charge on any atom is -0.507 e. The molecule has 206 valence electrons. The van der Waals surface area contributed by atoms with Crippen LogP contribution >= 0.6 is 11.3 Å². The first-order valence-corrected chi connectivity index (χ1v) is 13.9. The van der Waals surface area contributed by atoms with Gasteiger partial charge in [0.1, 0.15) is 29.1 Å². The Kier molecular flexibility index (Phi) is 7.33. The molecule has 3 heterocycles. The number of benzene rings is 2. The molecule has 0 unspecified atom stereocenters. The van der Waals surface area contributed by atoms with Crippen molar-refractivity contribution in [2.45, 2.75) is 52.2 Å². The molecular formula is C31H30N2O6S. The molecule has 9 heteroatoms. The number of carbonyl (C=O) groups excluding carboxylic acids is 3. The first-order valence-electron chi connectivity index (χ1n) is 13.1. The Balaban J connectivity index is 1.65. The number of fused-ring (bicyclic) bond motifs is 1. The summed E-state index contributed by atoms with van der Waals surface area (Å²) in [6.45, 7) is 11.3. The number of thiazole rings is 1. The van der Waals surface area contributed by atoms with Crippen molar-refractivity contribution in [1.29, 1.82) is 0 Å². The maximum Gasteiger partial charge on any atom is 0.350 e. The smallest absolute Gasteiger partial charge is 0.350 e. The molecule has 0 aliphatic carbocycles. The molecular weight excluding hydrogens is 528 g/mol. The van der Waals surface area contributed by atoms with Gasteiger partial charge in [-0.3, -0.25) is 14.5 Å². The predicted molar refractivity (Wildman–Crippen MR) is 153 cm³/mol. The highest BCUT2D eigenvalue weighted by Gasteiger charge is 2.48. The van der Waals surface area contributed by atoms with Crippen LogP contribution in [0.1, 0.15) is 70.4 Å². The number of ketones is 1. The van der Waals surface area contributed by atoms with E-state index in [9.17, 15) is 19.5 Å². The van der Waals surface area contributed by atoms with Gasteiger partial charge >= 0.3 is 11.9 Å². The summed E-state index contributed by atoms with van der Waals surface area (Å²) in [5.74, 6) is -1.52. The molecule has 2 aromatic carbocycles. The molecule has 1 aromatic heterocycles. The maximum atomic E-state index is 13.6. The Morgan fingerprint density at radius 1 is 1.25 bits per heavy atom. The number of Topliss-reactive ketones (excluding diaryl/α,β-unsaturated/α-hetero) is 1. The average molecular weight is 559 g/mol. The summed E-state index contributed by atoms with van der Waals surface area (Å²) in [4.78, 5) is 45.7. The fourth-order valence-corrected chi connectivity index (χ4v) is 6.00. The summed E-state index contributed by atoms with van der Waals surface area (Å²) in [6, 6.07) is 11.9. The predicted octanol–water partition coefficient (Wildman–Crippen LogP) is 5.87. The number of carbonyl (C=O) groups is 3. The van der Waals surface area contributed by atoms with Gasteiger partial charge < -0.3 is 14.6 Å². The van der Waals surface area contributed by atoms with Crippen LogP contribution < -0.4 is 9.64 Å². The molecule has 1 saturated heterocycles. The highest BCUT2D eigenvalue weighted by molar-refractivity contribution is 7.17. The zero-order valence-electron chi connectivity index (χ0n) is 22.8. The van der Waals surface area contributed by atoms with Gasteiger partial charge in [0.2, 0.25) is 0 Å². The van der Waals surface area contributed by atoms with Gasteiger partial charge in [-0.15, -0.1) is 0 Å². The Morgan fingerprint density at radius 3 is 2.65 bits per heavy atom. The maximum absolute atomic E-state index is 13.6. The van der Waals surface area contributed by atoms with Gasteiger partial charge in [0, 0.05) is 12.0 Å². The first-order chi connectivity index (χ1) is 19.1. The van der Waals surface area contributed by atoms with Crippen molar-refractivity contribution >= 4 is 39.9 Å². The molecule has 5 rings (SSSR count). The molecule has 3 aromatic rings. The Labute approximate surface area is 236 Å². The van der Waals surface area contributed by atoms with E-state index in [-0.39, 0.29) is 40.0 Å². The van der Waals surface area contributed by atoms with Crippen molar-refractivity contribution in [3.05, 3.63) is 93.5 Å². The van der Waals surface area contributed by atoms with Crippen molar-refractivity contribution in [3.63, 3.8) is 0 Å². The van der Waals surface area contributed by atoms with Crippen LogP contribution in [0.4, 0.5) is 5.13 Å². The number of aryl methyl sites for hydroxylation is 1. The second-order valence-corrected chi connectivity index (χ2v) is 11.2. The SMILES string of the molecule is C=CCOC(=O)c1sc(N2C(=O)C(=O)C(=C(O)c3ccc4c(c3)C[C@H](C)O4)[C@H]2c2ccc(C(C)C)cc2)nc1C. The van der Waals surface area contributed by atoms with Crippen LogP contribution in [0.15, 0.2) is 60.7 Å². The summed E-state index contributed by atoms with van der Waals surface area (Å²) in [7, 11) is 0. The highest BCUT2D eigenvalue weighted by Crippen LogP contribution is 2.44. The number of rotatable bonds is 7. The summed E-state index contributed by atoms with van der Waals surface area (Å²) < 4.78 is 11.0. The fourth-order valence-electron chi connectivity index (χ4n) is 5.01. The number of aromatic nitrogens is 1. The van der Waals surface area contributed by atoms with Crippen LogP contribution in [-0.2, 0) is 20.7 Å². The second kappa shape index (κ2) is 10.7. The third-order valence-electron chi connectivity index (χ3n) is 7.04. The molecule has 1 fully saturated rings. The minimum atomic E-state index is -0.952. The third-order valence-corrected chi connectivity index (χ3v) is 8.18. The zero-order valence-corrected chi connectivity index (χ0v) is 23.6. The van der Waals surface area contributed by atoms with Gasteiger partial charge in [-0.1, -0.05) is 62.1 Å². The first kappa shape index (κ1) is 27.3. The van der Waals surface area contributed by atoms with Crippen molar-refractivity contribution in [1.82, 2.24) is 4.98 Å². The lowest BCUT2D eigenvalue weighted by Crippen LogP contribution is -2.29. The van der Waals surface area contributed by atoms with Gasteiger partial charge in [0.25, 0.3) is 5.78 Å². The average Bonchev–Trinajstić information content (AvgIpc) is 3.58. The van der Waals surface area contributed by atoms with Crippen molar-refractivity contribution in [2.24, 2.45) is 0 Å². The Hall–Kier alpha value is -4.24. The standard InChI is InChI=1S/C31H30N2O6S/c1-6-13-38-30(37)28-18(5)32-31(40-28)33-25(20-9-7-19(8-10-20)16(2)3)24(27(35)29(33)36)26(34)21-11-12-23-22(15-21)14-17(4)39-23/h6-12,15-17,25,34H,1,13-14H2,2-5H3/t17-,25+/m0/s1. The van der Waals surface area contributed by atoms with Crippen LogP contribution in [-0.4, -0.2) is 40.5 Å². The lowest BCUT2D eigenvalue weighted by atomic mass is 9.93. The molecule has 8 nitrogen and oxygen atoms in total. The molecule has 1 amide bonds.